The fraction of sp³-hybridized carbons (Fsp3) is 0.364. The van der Waals surface area contributed by atoms with Gasteiger partial charge in [-0.1, -0.05) is 23.2 Å². The van der Waals surface area contributed by atoms with E-state index in [4.69, 9.17) is 32.7 Å². The Bertz CT molecular complexity index is 843. The van der Waals surface area contributed by atoms with E-state index in [0.29, 0.717) is 48.5 Å². The van der Waals surface area contributed by atoms with E-state index >= 15 is 0 Å². The second-order valence-corrected chi connectivity index (χ2v) is 7.99. The molecule has 0 aliphatic carbocycles. The zero-order chi connectivity index (χ0) is 21.3. The lowest BCUT2D eigenvalue weighted by molar-refractivity contribution is -0.128. The molecule has 6 nitrogen and oxygen atoms in total. The average Bonchev–Trinajstić information content (AvgIpc) is 3.10. The van der Waals surface area contributed by atoms with Gasteiger partial charge in [-0.05, 0) is 55.0 Å². The highest BCUT2D eigenvalue weighted by molar-refractivity contribution is 6.30. The maximum Gasteiger partial charge on any atom is 0.257 e. The number of halogens is 2. The Kier molecular flexibility index (Phi) is 8.22. The minimum Gasteiger partial charge on any atom is -0.494 e. The van der Waals surface area contributed by atoms with Crippen molar-refractivity contribution < 1.29 is 19.1 Å². The Hall–Kier alpha value is -2.44. The molecule has 0 saturated carbocycles. The minimum atomic E-state index is -0.216. The summed E-state index contributed by atoms with van der Waals surface area (Å²) >= 11 is 11.7. The molecule has 160 valence electrons. The quantitative estimate of drug-likeness (QED) is 0.558. The highest BCUT2D eigenvalue weighted by atomic mass is 35.5. The van der Waals surface area contributed by atoms with Crippen LogP contribution in [0, 0.1) is 5.92 Å². The molecule has 0 bridgehead atoms. The van der Waals surface area contributed by atoms with E-state index in [1.807, 2.05) is 17.0 Å². The summed E-state index contributed by atoms with van der Waals surface area (Å²) in [5.74, 6) is 1.34. The van der Waals surface area contributed by atoms with Crippen LogP contribution in [-0.4, -0.2) is 49.6 Å². The van der Waals surface area contributed by atoms with Gasteiger partial charge in [-0.2, -0.15) is 0 Å². The van der Waals surface area contributed by atoms with Gasteiger partial charge in [0.1, 0.15) is 11.5 Å². The van der Waals surface area contributed by atoms with Gasteiger partial charge in [0.05, 0.1) is 6.61 Å². The smallest absolute Gasteiger partial charge is 0.257 e. The molecule has 1 aliphatic rings. The molecule has 1 fully saturated rings. The number of nitrogens with zero attached hydrogens (tertiary/aromatic N) is 1. The number of nitrogens with one attached hydrogen (secondary N) is 1. The van der Waals surface area contributed by atoms with Crippen LogP contribution in [-0.2, 0) is 9.59 Å². The fourth-order valence-corrected chi connectivity index (χ4v) is 3.42. The first kappa shape index (κ1) is 22.2. The molecule has 0 aromatic heterocycles. The molecule has 30 heavy (non-hydrogen) atoms. The standard InChI is InChI=1S/C22H24Cl2N2O4/c23-17-2-6-19(7-3-17)29-11-1-10-26-14-16(12-22(26)28)13-25-21(27)15-30-20-8-4-18(24)5-9-20/h2-9,16H,1,10-15H2,(H,25,27). The van der Waals surface area contributed by atoms with Crippen molar-refractivity contribution in [1.29, 1.82) is 0 Å². The van der Waals surface area contributed by atoms with E-state index in [0.717, 1.165) is 12.2 Å². The molecule has 0 radical (unpaired) electrons. The topological polar surface area (TPSA) is 67.9 Å². The number of rotatable bonds is 10. The van der Waals surface area contributed by atoms with Crippen LogP contribution in [0.25, 0.3) is 0 Å². The molecule has 1 saturated heterocycles. The van der Waals surface area contributed by atoms with Crippen LogP contribution in [0.2, 0.25) is 10.0 Å². The number of hydrogen-bond donors (Lipinski definition) is 1. The Morgan fingerprint density at radius 1 is 1.00 bits per heavy atom. The molecule has 2 aromatic rings. The van der Waals surface area contributed by atoms with Crippen molar-refractivity contribution in [1.82, 2.24) is 10.2 Å². The van der Waals surface area contributed by atoms with Crippen molar-refractivity contribution in [3.63, 3.8) is 0 Å². The lowest BCUT2D eigenvalue weighted by Gasteiger charge is -2.17. The third kappa shape index (κ3) is 7.11. The van der Waals surface area contributed by atoms with E-state index in [9.17, 15) is 9.59 Å². The molecule has 1 unspecified atom stereocenters. The SMILES string of the molecule is O=C(COc1ccc(Cl)cc1)NCC1CC(=O)N(CCCOc2ccc(Cl)cc2)C1. The van der Waals surface area contributed by atoms with Crippen molar-refractivity contribution in [2.24, 2.45) is 5.92 Å². The van der Waals surface area contributed by atoms with Gasteiger partial charge in [0.25, 0.3) is 5.91 Å². The van der Waals surface area contributed by atoms with Gasteiger partial charge in [-0.25, -0.2) is 0 Å². The molecule has 1 aliphatic heterocycles. The molecule has 8 heteroatoms. The van der Waals surface area contributed by atoms with E-state index in [-0.39, 0.29) is 24.3 Å². The molecule has 0 spiro atoms. The maximum absolute atomic E-state index is 12.2. The fourth-order valence-electron chi connectivity index (χ4n) is 3.17. The van der Waals surface area contributed by atoms with Gasteiger partial charge in [0.15, 0.2) is 6.61 Å². The van der Waals surface area contributed by atoms with E-state index in [1.54, 1.807) is 36.4 Å². The van der Waals surface area contributed by atoms with E-state index in [1.165, 1.54) is 0 Å². The largest absolute Gasteiger partial charge is 0.494 e. The van der Waals surface area contributed by atoms with Gasteiger partial charge in [-0.15, -0.1) is 0 Å². The number of benzene rings is 2. The first-order valence-electron chi connectivity index (χ1n) is 9.81. The molecular formula is C22H24Cl2N2O4. The molecule has 1 N–H and O–H groups in total. The third-order valence-electron chi connectivity index (χ3n) is 4.72. The van der Waals surface area contributed by atoms with Crippen LogP contribution in [0.5, 0.6) is 11.5 Å². The number of carbonyl (C=O) groups is 2. The summed E-state index contributed by atoms with van der Waals surface area (Å²) in [5, 5.41) is 4.11. The lowest BCUT2D eigenvalue weighted by atomic mass is 10.1. The molecule has 2 aromatic carbocycles. The predicted octanol–water partition coefficient (Wildman–Crippen LogP) is 3.81. The van der Waals surface area contributed by atoms with Crippen LogP contribution >= 0.6 is 23.2 Å². The van der Waals surface area contributed by atoms with E-state index in [2.05, 4.69) is 5.32 Å². The van der Waals surface area contributed by atoms with Crippen LogP contribution < -0.4 is 14.8 Å². The monoisotopic (exact) mass is 450 g/mol. The average molecular weight is 451 g/mol. The Morgan fingerprint density at radius 2 is 1.60 bits per heavy atom. The van der Waals surface area contributed by atoms with Gasteiger partial charge in [0, 0.05) is 42.0 Å². The van der Waals surface area contributed by atoms with Gasteiger partial charge < -0.3 is 19.7 Å². The predicted molar refractivity (Wildman–Crippen MR) is 116 cm³/mol. The molecule has 3 rings (SSSR count). The Balaban J connectivity index is 1.30. The van der Waals surface area contributed by atoms with Crippen LogP contribution in [0.4, 0.5) is 0 Å². The summed E-state index contributed by atoms with van der Waals surface area (Å²) in [7, 11) is 0. The molecule has 2 amide bonds. The first-order valence-corrected chi connectivity index (χ1v) is 10.6. The van der Waals surface area contributed by atoms with Gasteiger partial charge in [0.2, 0.25) is 5.91 Å². The van der Waals surface area contributed by atoms with Gasteiger partial charge in [-0.3, -0.25) is 9.59 Å². The molecular weight excluding hydrogens is 427 g/mol. The minimum absolute atomic E-state index is 0.0753. The highest BCUT2D eigenvalue weighted by Gasteiger charge is 2.29. The Labute approximate surface area is 186 Å². The Morgan fingerprint density at radius 3 is 2.23 bits per heavy atom. The first-order chi connectivity index (χ1) is 14.5. The van der Waals surface area contributed by atoms with Crippen molar-refractivity contribution in [2.45, 2.75) is 12.8 Å². The number of amides is 2. The molecule has 1 atom stereocenters. The van der Waals surface area contributed by atoms with Crippen molar-refractivity contribution in [3.8, 4) is 11.5 Å². The summed E-state index contributed by atoms with van der Waals surface area (Å²) in [6.45, 7) is 2.17. The number of ether oxygens (including phenoxy) is 2. The number of carbonyl (C=O) groups excluding carboxylic acids is 2. The summed E-state index contributed by atoms with van der Waals surface area (Å²) in [6.07, 6.45) is 1.18. The van der Waals surface area contributed by atoms with Crippen molar-refractivity contribution in [2.75, 3.05) is 32.8 Å². The molecule has 1 heterocycles. The zero-order valence-electron chi connectivity index (χ0n) is 16.5. The van der Waals surface area contributed by atoms with E-state index < -0.39 is 0 Å². The summed E-state index contributed by atoms with van der Waals surface area (Å²) in [4.78, 5) is 26.0. The number of hydrogen-bond acceptors (Lipinski definition) is 4. The van der Waals surface area contributed by atoms with Crippen LogP contribution in [0.15, 0.2) is 48.5 Å². The van der Waals surface area contributed by atoms with Crippen molar-refractivity contribution >= 4 is 35.0 Å². The summed E-state index contributed by atoms with van der Waals surface area (Å²) in [6, 6.07) is 14.0. The lowest BCUT2D eigenvalue weighted by Crippen LogP contribution is -2.34. The highest BCUT2D eigenvalue weighted by Crippen LogP contribution is 2.19. The third-order valence-corrected chi connectivity index (χ3v) is 5.22. The normalized spacial score (nSPS) is 15.9. The second kappa shape index (κ2) is 11.1. The number of likely N-dealkylation sites (tertiary alicyclic amines) is 1. The van der Waals surface area contributed by atoms with Crippen LogP contribution in [0.1, 0.15) is 12.8 Å². The summed E-state index contributed by atoms with van der Waals surface area (Å²) in [5.41, 5.74) is 0. The van der Waals surface area contributed by atoms with Crippen LogP contribution in [0.3, 0.4) is 0 Å². The maximum atomic E-state index is 12.2. The second-order valence-electron chi connectivity index (χ2n) is 7.11. The zero-order valence-corrected chi connectivity index (χ0v) is 18.0. The summed E-state index contributed by atoms with van der Waals surface area (Å²) < 4.78 is 11.1. The van der Waals surface area contributed by atoms with Gasteiger partial charge >= 0.3 is 0 Å². The van der Waals surface area contributed by atoms with Crippen molar-refractivity contribution in [3.05, 3.63) is 58.6 Å².